The van der Waals surface area contributed by atoms with E-state index in [9.17, 15) is 4.79 Å². The first-order chi connectivity index (χ1) is 5.72. The summed E-state index contributed by atoms with van der Waals surface area (Å²) >= 11 is 0. The minimum atomic E-state index is 0.0235. The molecule has 1 aliphatic heterocycles. The Kier molecular flexibility index (Phi) is 1.85. The number of rotatable bonds is 1. The molecule has 68 valence electrons. The lowest BCUT2D eigenvalue weighted by Crippen LogP contribution is -2.14. The number of ether oxygens (including phenoxy) is 1. The third-order valence-corrected chi connectivity index (χ3v) is 3.52. The van der Waals surface area contributed by atoms with Crippen LogP contribution in [0.15, 0.2) is 0 Å². The fraction of sp³-hybridized carbons (Fsp3) is 0.900. The molecule has 0 aromatic carbocycles. The summed E-state index contributed by atoms with van der Waals surface area (Å²) in [6.07, 6.45) is 3.22. The van der Waals surface area contributed by atoms with Crippen molar-refractivity contribution in [3.8, 4) is 0 Å². The summed E-state index contributed by atoms with van der Waals surface area (Å²) in [7, 11) is 0. The van der Waals surface area contributed by atoms with E-state index in [1.165, 1.54) is 6.42 Å². The second kappa shape index (κ2) is 2.75. The van der Waals surface area contributed by atoms with Crippen molar-refractivity contribution in [1.29, 1.82) is 0 Å². The Balaban J connectivity index is 2.11. The maximum absolute atomic E-state index is 11.0. The van der Waals surface area contributed by atoms with E-state index in [1.54, 1.807) is 0 Å². The normalized spacial score (nSPS) is 46.0. The first kappa shape index (κ1) is 8.09. The summed E-state index contributed by atoms with van der Waals surface area (Å²) in [6, 6.07) is 0. The summed E-state index contributed by atoms with van der Waals surface area (Å²) in [5, 5.41) is 0. The highest BCUT2D eigenvalue weighted by molar-refractivity contribution is 5.72. The van der Waals surface area contributed by atoms with Crippen LogP contribution < -0.4 is 0 Å². The average molecular weight is 168 g/mol. The van der Waals surface area contributed by atoms with Gasteiger partial charge < -0.3 is 4.74 Å². The molecule has 2 heteroatoms. The SMILES string of the molecule is CCC1C(C)CC2OC(=O)CC21. The molecule has 0 N–H and O–H groups in total. The number of hydrogen-bond acceptors (Lipinski definition) is 2. The molecule has 2 fully saturated rings. The highest BCUT2D eigenvalue weighted by atomic mass is 16.6. The lowest BCUT2D eigenvalue weighted by Gasteiger charge is -2.16. The molecule has 12 heavy (non-hydrogen) atoms. The first-order valence-electron chi connectivity index (χ1n) is 4.91. The topological polar surface area (TPSA) is 26.3 Å². The van der Waals surface area contributed by atoms with E-state index in [0.29, 0.717) is 12.3 Å². The van der Waals surface area contributed by atoms with Gasteiger partial charge >= 0.3 is 5.97 Å². The van der Waals surface area contributed by atoms with E-state index in [0.717, 1.165) is 18.3 Å². The van der Waals surface area contributed by atoms with Crippen molar-refractivity contribution in [2.45, 2.75) is 39.2 Å². The molecule has 1 aliphatic carbocycles. The first-order valence-corrected chi connectivity index (χ1v) is 4.91. The number of hydrogen-bond donors (Lipinski definition) is 0. The molecule has 2 rings (SSSR count). The summed E-state index contributed by atoms with van der Waals surface area (Å²) < 4.78 is 5.25. The zero-order chi connectivity index (χ0) is 8.72. The van der Waals surface area contributed by atoms with Crippen LogP contribution in [0.5, 0.6) is 0 Å². The standard InChI is InChI=1S/C10H16O2/c1-3-7-6(2)4-9-8(7)5-10(11)12-9/h6-9H,3-5H2,1-2H3. The van der Waals surface area contributed by atoms with Crippen LogP contribution >= 0.6 is 0 Å². The summed E-state index contributed by atoms with van der Waals surface area (Å²) in [6.45, 7) is 4.49. The Morgan fingerprint density at radius 2 is 2.33 bits per heavy atom. The molecule has 0 radical (unpaired) electrons. The molecular weight excluding hydrogens is 152 g/mol. The predicted molar refractivity (Wildman–Crippen MR) is 45.5 cm³/mol. The lowest BCUT2D eigenvalue weighted by atomic mass is 9.87. The minimum Gasteiger partial charge on any atom is -0.462 e. The van der Waals surface area contributed by atoms with Crippen LogP contribution in [-0.2, 0) is 9.53 Å². The molecular formula is C10H16O2. The van der Waals surface area contributed by atoms with Gasteiger partial charge in [-0.15, -0.1) is 0 Å². The summed E-state index contributed by atoms with van der Waals surface area (Å²) in [5.74, 6) is 2.03. The zero-order valence-corrected chi connectivity index (χ0v) is 7.75. The van der Waals surface area contributed by atoms with Crippen LogP contribution in [0, 0.1) is 17.8 Å². The quantitative estimate of drug-likeness (QED) is 0.560. The maximum atomic E-state index is 11.0. The highest BCUT2D eigenvalue weighted by Crippen LogP contribution is 2.45. The fourth-order valence-corrected chi connectivity index (χ4v) is 2.95. The van der Waals surface area contributed by atoms with Gasteiger partial charge in [0, 0.05) is 5.92 Å². The summed E-state index contributed by atoms with van der Waals surface area (Å²) in [4.78, 5) is 11.0. The van der Waals surface area contributed by atoms with Gasteiger partial charge in [-0.05, 0) is 18.3 Å². The largest absolute Gasteiger partial charge is 0.462 e. The van der Waals surface area contributed by atoms with Gasteiger partial charge in [-0.2, -0.15) is 0 Å². The van der Waals surface area contributed by atoms with Crippen molar-refractivity contribution in [2.75, 3.05) is 0 Å². The van der Waals surface area contributed by atoms with Gasteiger partial charge in [0.15, 0.2) is 0 Å². The molecule has 1 heterocycles. The van der Waals surface area contributed by atoms with Gasteiger partial charge in [-0.1, -0.05) is 20.3 Å². The minimum absolute atomic E-state index is 0.0235. The van der Waals surface area contributed by atoms with Gasteiger partial charge in [0.2, 0.25) is 0 Å². The van der Waals surface area contributed by atoms with Crippen molar-refractivity contribution in [3.05, 3.63) is 0 Å². The van der Waals surface area contributed by atoms with Gasteiger partial charge in [0.1, 0.15) is 6.10 Å². The van der Waals surface area contributed by atoms with E-state index in [2.05, 4.69) is 13.8 Å². The smallest absolute Gasteiger partial charge is 0.306 e. The van der Waals surface area contributed by atoms with Crippen LogP contribution in [-0.4, -0.2) is 12.1 Å². The molecule has 0 aromatic heterocycles. The molecule has 4 atom stereocenters. The molecule has 4 unspecified atom stereocenters. The molecule has 0 aromatic rings. The Morgan fingerprint density at radius 3 is 3.00 bits per heavy atom. The Hall–Kier alpha value is -0.530. The molecule has 0 bridgehead atoms. The molecule has 1 saturated carbocycles. The highest BCUT2D eigenvalue weighted by Gasteiger charge is 2.47. The van der Waals surface area contributed by atoms with E-state index in [-0.39, 0.29) is 12.1 Å². The van der Waals surface area contributed by atoms with Crippen LogP contribution in [0.25, 0.3) is 0 Å². The Bertz CT molecular complexity index is 200. The third kappa shape index (κ3) is 1.05. The van der Waals surface area contributed by atoms with Crippen molar-refractivity contribution in [1.82, 2.24) is 0 Å². The third-order valence-electron chi connectivity index (χ3n) is 3.52. The molecule has 0 spiro atoms. The van der Waals surface area contributed by atoms with Gasteiger partial charge in [0.05, 0.1) is 6.42 Å². The maximum Gasteiger partial charge on any atom is 0.306 e. The number of fused-ring (bicyclic) bond motifs is 1. The van der Waals surface area contributed by atoms with E-state index < -0.39 is 0 Å². The van der Waals surface area contributed by atoms with E-state index >= 15 is 0 Å². The predicted octanol–water partition coefficient (Wildman–Crippen LogP) is 1.98. The van der Waals surface area contributed by atoms with Crippen LogP contribution in [0.1, 0.15) is 33.1 Å². The fourth-order valence-electron chi connectivity index (χ4n) is 2.95. The number of carbonyl (C=O) groups excluding carboxylic acids is 1. The molecule has 1 saturated heterocycles. The lowest BCUT2D eigenvalue weighted by molar-refractivity contribution is -0.141. The second-order valence-corrected chi connectivity index (χ2v) is 4.18. The molecule has 2 aliphatic rings. The summed E-state index contributed by atoms with van der Waals surface area (Å²) in [5.41, 5.74) is 0. The Labute approximate surface area is 73.3 Å². The molecule has 2 nitrogen and oxygen atoms in total. The molecule has 0 amide bonds. The van der Waals surface area contributed by atoms with Crippen LogP contribution in [0.3, 0.4) is 0 Å². The zero-order valence-electron chi connectivity index (χ0n) is 7.75. The second-order valence-electron chi connectivity index (χ2n) is 4.18. The van der Waals surface area contributed by atoms with Crippen molar-refractivity contribution >= 4 is 5.97 Å². The monoisotopic (exact) mass is 168 g/mol. The van der Waals surface area contributed by atoms with E-state index in [1.807, 2.05) is 0 Å². The van der Waals surface area contributed by atoms with Gasteiger partial charge in [-0.3, -0.25) is 4.79 Å². The van der Waals surface area contributed by atoms with Crippen LogP contribution in [0.2, 0.25) is 0 Å². The van der Waals surface area contributed by atoms with Crippen molar-refractivity contribution in [3.63, 3.8) is 0 Å². The van der Waals surface area contributed by atoms with Gasteiger partial charge in [0.25, 0.3) is 0 Å². The average Bonchev–Trinajstić information content (AvgIpc) is 2.43. The number of carbonyl (C=O) groups is 1. The van der Waals surface area contributed by atoms with Crippen LogP contribution in [0.4, 0.5) is 0 Å². The van der Waals surface area contributed by atoms with E-state index in [4.69, 9.17) is 4.74 Å². The number of esters is 1. The van der Waals surface area contributed by atoms with Gasteiger partial charge in [-0.25, -0.2) is 0 Å². The van der Waals surface area contributed by atoms with Crippen molar-refractivity contribution in [2.24, 2.45) is 17.8 Å². The Morgan fingerprint density at radius 1 is 1.58 bits per heavy atom. The van der Waals surface area contributed by atoms with Crippen molar-refractivity contribution < 1.29 is 9.53 Å².